The van der Waals surface area contributed by atoms with Crippen LogP contribution in [0.5, 0.6) is 5.75 Å². The molecule has 2 aromatic carbocycles. The molecule has 2 unspecified atom stereocenters. The number of nitrogens with one attached hydrogen (secondary N) is 1. The van der Waals surface area contributed by atoms with Crippen molar-refractivity contribution in [1.29, 1.82) is 0 Å². The minimum absolute atomic E-state index is 0.117. The molecule has 8 nitrogen and oxygen atoms in total. The third kappa shape index (κ3) is 4.69. The second-order valence-corrected chi connectivity index (χ2v) is 7.75. The third-order valence-corrected chi connectivity index (χ3v) is 5.52. The van der Waals surface area contributed by atoms with Crippen molar-refractivity contribution in [3.63, 3.8) is 0 Å². The molecule has 1 fully saturated rings. The minimum Gasteiger partial charge on any atom is -0.495 e. The van der Waals surface area contributed by atoms with Crippen LogP contribution >= 0.6 is 11.6 Å². The lowest BCUT2D eigenvalue weighted by atomic mass is 10.0. The fraction of sp³-hybridized carbons (Fsp3) is 0.273. The van der Waals surface area contributed by atoms with Crippen LogP contribution in [-0.4, -0.2) is 40.2 Å². The molecule has 1 saturated heterocycles. The first-order valence-corrected chi connectivity index (χ1v) is 10.2. The molecule has 0 radical (unpaired) electrons. The lowest BCUT2D eigenvalue weighted by Crippen LogP contribution is -2.37. The van der Waals surface area contributed by atoms with Crippen LogP contribution in [0.1, 0.15) is 18.0 Å². The van der Waals surface area contributed by atoms with Gasteiger partial charge in [-0.15, -0.1) is 0 Å². The average molecular weight is 440 g/mol. The van der Waals surface area contributed by atoms with Gasteiger partial charge in [-0.2, -0.15) is 5.10 Å². The molecule has 0 saturated carbocycles. The zero-order chi connectivity index (χ0) is 21.8. The topological polar surface area (TPSA) is 89.3 Å². The summed E-state index contributed by atoms with van der Waals surface area (Å²) in [7, 11) is 1.53. The normalized spacial score (nSPS) is 16.9. The predicted octanol–water partition coefficient (Wildman–Crippen LogP) is 2.85. The molecular weight excluding hydrogens is 418 g/mol. The van der Waals surface area contributed by atoms with E-state index >= 15 is 0 Å². The third-order valence-electron chi connectivity index (χ3n) is 5.28. The number of rotatable bonds is 7. The maximum absolute atomic E-state index is 13.1. The van der Waals surface area contributed by atoms with E-state index in [0.717, 1.165) is 5.56 Å². The minimum atomic E-state index is -0.488. The van der Waals surface area contributed by atoms with Crippen LogP contribution in [0.25, 0.3) is 0 Å². The monoisotopic (exact) mass is 439 g/mol. The van der Waals surface area contributed by atoms with E-state index in [9.17, 15) is 9.59 Å². The molecule has 0 spiro atoms. The molecule has 31 heavy (non-hydrogen) atoms. The zero-order valence-electron chi connectivity index (χ0n) is 16.9. The number of carbonyl (C=O) groups excluding carboxylic acids is 2. The highest BCUT2D eigenvalue weighted by atomic mass is 35.5. The van der Waals surface area contributed by atoms with Crippen LogP contribution in [0.4, 0.5) is 5.69 Å². The van der Waals surface area contributed by atoms with Crippen molar-refractivity contribution in [3.8, 4) is 5.75 Å². The Labute approximate surface area is 184 Å². The Hall–Kier alpha value is -3.39. The molecule has 1 aliphatic rings. The fourth-order valence-corrected chi connectivity index (χ4v) is 3.88. The second-order valence-electron chi connectivity index (χ2n) is 7.31. The summed E-state index contributed by atoms with van der Waals surface area (Å²) >= 11 is 6.12. The number of hydrogen-bond acceptors (Lipinski definition) is 5. The van der Waals surface area contributed by atoms with Crippen LogP contribution in [0.15, 0.2) is 61.2 Å². The van der Waals surface area contributed by atoms with Gasteiger partial charge < -0.3 is 15.0 Å². The van der Waals surface area contributed by atoms with E-state index in [2.05, 4.69) is 15.4 Å². The van der Waals surface area contributed by atoms with Gasteiger partial charge in [-0.3, -0.25) is 14.3 Å². The highest BCUT2D eigenvalue weighted by molar-refractivity contribution is 6.31. The Kier molecular flexibility index (Phi) is 6.18. The van der Waals surface area contributed by atoms with Gasteiger partial charge in [0.05, 0.1) is 31.3 Å². The maximum atomic E-state index is 13.1. The summed E-state index contributed by atoms with van der Waals surface area (Å²) in [4.78, 5) is 31.3. The van der Waals surface area contributed by atoms with E-state index < -0.39 is 5.92 Å². The molecular formula is C22H22ClN5O3. The van der Waals surface area contributed by atoms with Crippen molar-refractivity contribution in [3.05, 3.63) is 71.8 Å². The van der Waals surface area contributed by atoms with E-state index in [-0.39, 0.29) is 30.8 Å². The summed E-state index contributed by atoms with van der Waals surface area (Å²) in [5, 5.41) is 7.72. The Morgan fingerprint density at radius 3 is 2.81 bits per heavy atom. The van der Waals surface area contributed by atoms with Gasteiger partial charge in [-0.25, -0.2) is 4.98 Å². The molecule has 1 aromatic heterocycles. The van der Waals surface area contributed by atoms with E-state index in [1.54, 1.807) is 34.1 Å². The highest BCUT2D eigenvalue weighted by Crippen LogP contribution is 2.35. The number of ether oxygens (including phenoxy) is 1. The Morgan fingerprint density at radius 2 is 2.10 bits per heavy atom. The van der Waals surface area contributed by atoms with Crippen molar-refractivity contribution in [2.75, 3.05) is 18.6 Å². The smallest absolute Gasteiger partial charge is 0.227 e. The summed E-state index contributed by atoms with van der Waals surface area (Å²) in [5.74, 6) is -0.288. The molecule has 1 N–H and O–H groups in total. The summed E-state index contributed by atoms with van der Waals surface area (Å²) in [5.41, 5.74) is 1.52. The van der Waals surface area contributed by atoms with Crippen molar-refractivity contribution >= 4 is 29.1 Å². The van der Waals surface area contributed by atoms with Crippen LogP contribution in [0.2, 0.25) is 5.02 Å². The van der Waals surface area contributed by atoms with Gasteiger partial charge in [0.1, 0.15) is 18.4 Å². The molecule has 2 heterocycles. The van der Waals surface area contributed by atoms with Crippen molar-refractivity contribution in [2.24, 2.45) is 5.92 Å². The van der Waals surface area contributed by atoms with Crippen LogP contribution in [-0.2, 0) is 16.1 Å². The summed E-state index contributed by atoms with van der Waals surface area (Å²) < 4.78 is 7.04. The van der Waals surface area contributed by atoms with E-state index in [4.69, 9.17) is 16.3 Å². The number of carbonyl (C=O) groups is 2. The van der Waals surface area contributed by atoms with E-state index in [0.29, 0.717) is 23.0 Å². The Bertz CT molecular complexity index is 1060. The van der Waals surface area contributed by atoms with Crippen molar-refractivity contribution in [2.45, 2.75) is 19.0 Å². The van der Waals surface area contributed by atoms with Crippen LogP contribution in [0, 0.1) is 5.92 Å². The lowest BCUT2D eigenvalue weighted by molar-refractivity contribution is -0.127. The molecule has 9 heteroatoms. The van der Waals surface area contributed by atoms with Crippen LogP contribution in [0.3, 0.4) is 0 Å². The van der Waals surface area contributed by atoms with E-state index in [1.165, 1.54) is 13.4 Å². The first-order chi connectivity index (χ1) is 15.0. The predicted molar refractivity (Wildman–Crippen MR) is 116 cm³/mol. The summed E-state index contributed by atoms with van der Waals surface area (Å²) in [6, 6.07) is 14.4. The number of benzene rings is 2. The molecule has 2 amide bonds. The molecule has 2 atom stereocenters. The Morgan fingerprint density at radius 1 is 1.29 bits per heavy atom. The number of aromatic nitrogens is 3. The largest absolute Gasteiger partial charge is 0.495 e. The molecule has 1 aliphatic heterocycles. The quantitative estimate of drug-likeness (QED) is 0.611. The van der Waals surface area contributed by atoms with E-state index in [1.807, 2.05) is 30.3 Å². The van der Waals surface area contributed by atoms with Gasteiger partial charge in [0.25, 0.3) is 0 Å². The number of amides is 2. The number of anilines is 1. The number of methoxy groups -OCH3 is 1. The van der Waals surface area contributed by atoms with Crippen molar-refractivity contribution < 1.29 is 14.3 Å². The molecule has 0 aliphatic carbocycles. The molecule has 160 valence electrons. The zero-order valence-corrected chi connectivity index (χ0v) is 17.7. The summed E-state index contributed by atoms with van der Waals surface area (Å²) in [6.45, 7) is 0.689. The molecule has 0 bridgehead atoms. The van der Waals surface area contributed by atoms with Crippen molar-refractivity contribution in [1.82, 2.24) is 20.1 Å². The van der Waals surface area contributed by atoms with Gasteiger partial charge in [-0.1, -0.05) is 41.9 Å². The van der Waals surface area contributed by atoms with Gasteiger partial charge in [0, 0.05) is 18.0 Å². The van der Waals surface area contributed by atoms with Gasteiger partial charge in [0.2, 0.25) is 11.8 Å². The van der Waals surface area contributed by atoms with Gasteiger partial charge in [0.15, 0.2) is 0 Å². The Balaban J connectivity index is 1.51. The van der Waals surface area contributed by atoms with Gasteiger partial charge >= 0.3 is 0 Å². The standard InChI is InChI=1S/C22H22ClN5O3/c1-31-20-8-7-17(23)10-19(20)28-11-16(9-21(28)29)22(30)26-18(12-27-14-24-13-25-27)15-5-3-2-4-6-15/h2-8,10,13-14,16,18H,9,11-12H2,1H3,(H,26,30). The average Bonchev–Trinajstić information content (AvgIpc) is 3.43. The van der Waals surface area contributed by atoms with Crippen LogP contribution < -0.4 is 15.0 Å². The first kappa shape index (κ1) is 20.9. The number of halogens is 1. The van der Waals surface area contributed by atoms with Gasteiger partial charge in [-0.05, 0) is 23.8 Å². The lowest BCUT2D eigenvalue weighted by Gasteiger charge is -2.22. The first-order valence-electron chi connectivity index (χ1n) is 9.87. The molecule has 4 rings (SSSR count). The fourth-order valence-electron chi connectivity index (χ4n) is 3.71. The maximum Gasteiger partial charge on any atom is 0.227 e. The number of nitrogens with zero attached hydrogens (tertiary/aromatic N) is 4. The summed E-state index contributed by atoms with van der Waals surface area (Å²) in [6.07, 6.45) is 3.18. The highest BCUT2D eigenvalue weighted by Gasteiger charge is 2.37. The number of hydrogen-bond donors (Lipinski definition) is 1. The second kappa shape index (κ2) is 9.18. The SMILES string of the molecule is COc1ccc(Cl)cc1N1CC(C(=O)NC(Cn2cncn2)c2ccccc2)CC1=O. The molecule has 3 aromatic rings.